The van der Waals surface area contributed by atoms with Gasteiger partial charge in [-0.05, 0) is 48.0 Å². The van der Waals surface area contributed by atoms with Gasteiger partial charge in [0.1, 0.15) is 17.8 Å². The predicted molar refractivity (Wildman–Crippen MR) is 123 cm³/mol. The number of halogens is 1. The predicted octanol–water partition coefficient (Wildman–Crippen LogP) is 4.42. The molecule has 0 radical (unpaired) electrons. The molecular weight excluding hydrogens is 423 g/mol. The van der Waals surface area contributed by atoms with Crippen LogP contribution in [-0.2, 0) is 17.8 Å². The molecule has 2 aromatic heterocycles. The summed E-state index contributed by atoms with van der Waals surface area (Å²) in [4.78, 5) is 31.0. The third-order valence-electron chi connectivity index (χ3n) is 4.91. The maximum Gasteiger partial charge on any atom is 0.255 e. The maximum atomic E-state index is 13.4. The lowest BCUT2D eigenvalue weighted by atomic mass is 10.1. The molecule has 33 heavy (non-hydrogen) atoms. The summed E-state index contributed by atoms with van der Waals surface area (Å²) in [5.74, 6) is -0.322. The molecule has 0 aliphatic heterocycles. The van der Waals surface area contributed by atoms with Crippen LogP contribution in [-0.4, -0.2) is 16.8 Å². The van der Waals surface area contributed by atoms with E-state index in [1.54, 1.807) is 66.9 Å². The Morgan fingerprint density at radius 1 is 1.03 bits per heavy atom. The molecule has 7 nitrogen and oxygen atoms in total. The highest BCUT2D eigenvalue weighted by atomic mass is 19.1. The Morgan fingerprint density at radius 3 is 2.42 bits per heavy atom. The van der Waals surface area contributed by atoms with Gasteiger partial charge in [-0.15, -0.1) is 0 Å². The van der Waals surface area contributed by atoms with Gasteiger partial charge >= 0.3 is 0 Å². The van der Waals surface area contributed by atoms with Gasteiger partial charge in [0.15, 0.2) is 5.82 Å². The van der Waals surface area contributed by atoms with Crippen LogP contribution in [0.2, 0.25) is 0 Å². The number of amides is 2. The van der Waals surface area contributed by atoms with E-state index in [1.807, 2.05) is 6.07 Å². The van der Waals surface area contributed by atoms with E-state index in [1.165, 1.54) is 11.0 Å². The summed E-state index contributed by atoms with van der Waals surface area (Å²) in [6.45, 7) is 0.0425. The minimum atomic E-state index is -0.515. The van der Waals surface area contributed by atoms with Gasteiger partial charge in [0.25, 0.3) is 5.91 Å². The molecule has 4 aromatic rings. The van der Waals surface area contributed by atoms with E-state index in [2.05, 4.69) is 10.3 Å². The molecule has 8 heteroatoms. The monoisotopic (exact) mass is 444 g/mol. The molecule has 0 saturated heterocycles. The highest BCUT2D eigenvalue weighted by molar-refractivity contribution is 6.04. The highest BCUT2D eigenvalue weighted by Crippen LogP contribution is 2.23. The molecule has 0 aliphatic rings. The lowest BCUT2D eigenvalue weighted by Crippen LogP contribution is -2.31. The van der Waals surface area contributed by atoms with Crippen molar-refractivity contribution >= 4 is 29.0 Å². The summed E-state index contributed by atoms with van der Waals surface area (Å²) in [6, 6.07) is 20.3. The number of carbonyl (C=O) groups is 2. The molecule has 0 unspecified atom stereocenters. The lowest BCUT2D eigenvalue weighted by Gasteiger charge is -2.22. The first kappa shape index (κ1) is 21.8. The van der Waals surface area contributed by atoms with E-state index >= 15 is 0 Å². The number of benzene rings is 2. The van der Waals surface area contributed by atoms with Crippen molar-refractivity contribution in [2.24, 2.45) is 0 Å². The van der Waals surface area contributed by atoms with Crippen LogP contribution in [0.5, 0.6) is 0 Å². The molecule has 3 N–H and O–H groups in total. The Morgan fingerprint density at radius 2 is 1.79 bits per heavy atom. The number of aromatic nitrogens is 1. The minimum Gasteiger partial charge on any atom is -0.464 e. The number of furan rings is 1. The third-order valence-corrected chi connectivity index (χ3v) is 4.91. The van der Waals surface area contributed by atoms with Gasteiger partial charge < -0.3 is 20.4 Å². The molecular formula is C25H21FN4O3. The fourth-order valence-electron chi connectivity index (χ4n) is 3.24. The average Bonchev–Trinajstić information content (AvgIpc) is 3.25. The largest absolute Gasteiger partial charge is 0.464 e. The van der Waals surface area contributed by atoms with Gasteiger partial charge in [-0.1, -0.05) is 24.3 Å². The van der Waals surface area contributed by atoms with Gasteiger partial charge in [-0.3, -0.25) is 9.59 Å². The number of nitrogens with one attached hydrogen (secondary N) is 1. The number of hydrogen-bond donors (Lipinski definition) is 2. The summed E-state index contributed by atoms with van der Waals surface area (Å²) < 4.78 is 18.6. The lowest BCUT2D eigenvalue weighted by molar-refractivity contribution is -0.118. The zero-order valence-electron chi connectivity index (χ0n) is 17.6. The molecule has 0 atom stereocenters. The highest BCUT2D eigenvalue weighted by Gasteiger charge is 2.19. The van der Waals surface area contributed by atoms with Crippen LogP contribution in [0.15, 0.2) is 89.7 Å². The molecule has 2 amide bonds. The quantitative estimate of drug-likeness (QED) is 0.439. The number of nitrogens with zero attached hydrogens (tertiary/aromatic N) is 2. The number of nitrogens with two attached hydrogens (primary N) is 1. The SMILES string of the molecule is Nc1ccc(CC(=O)N(Cc2cc(F)co2)c2ccc(NC(=O)c3ccccc3)cc2)cn1. The number of hydrogen-bond acceptors (Lipinski definition) is 5. The van der Waals surface area contributed by atoms with Crippen LogP contribution in [0, 0.1) is 5.82 Å². The van der Waals surface area contributed by atoms with Crippen molar-refractivity contribution in [1.82, 2.24) is 4.98 Å². The molecule has 0 aliphatic carbocycles. The summed E-state index contributed by atoms with van der Waals surface area (Å²) >= 11 is 0. The van der Waals surface area contributed by atoms with Crippen molar-refractivity contribution in [3.05, 3.63) is 108 Å². The molecule has 2 heterocycles. The first-order chi connectivity index (χ1) is 16.0. The van der Waals surface area contributed by atoms with Crippen LogP contribution < -0.4 is 16.0 Å². The summed E-state index contributed by atoms with van der Waals surface area (Å²) in [5, 5.41) is 2.82. The number of nitrogen functional groups attached to an aromatic ring is 1. The van der Waals surface area contributed by atoms with Crippen LogP contribution in [0.1, 0.15) is 21.7 Å². The van der Waals surface area contributed by atoms with Crippen molar-refractivity contribution < 1.29 is 18.4 Å². The van der Waals surface area contributed by atoms with E-state index in [0.717, 1.165) is 6.26 Å². The summed E-state index contributed by atoms with van der Waals surface area (Å²) in [5.41, 5.74) is 7.99. The van der Waals surface area contributed by atoms with E-state index < -0.39 is 5.82 Å². The Bertz CT molecular complexity index is 1240. The first-order valence-electron chi connectivity index (χ1n) is 10.2. The second-order valence-electron chi connectivity index (χ2n) is 7.35. The molecule has 0 spiro atoms. The average molecular weight is 444 g/mol. The summed E-state index contributed by atoms with van der Waals surface area (Å²) in [6.07, 6.45) is 2.60. The van der Waals surface area contributed by atoms with Crippen LogP contribution in [0.25, 0.3) is 0 Å². The zero-order valence-corrected chi connectivity index (χ0v) is 17.6. The third kappa shape index (κ3) is 5.62. The van der Waals surface area contributed by atoms with Gasteiger partial charge in [-0.25, -0.2) is 9.37 Å². The van der Waals surface area contributed by atoms with E-state index in [0.29, 0.717) is 34.1 Å². The second kappa shape index (κ2) is 9.78. The topological polar surface area (TPSA) is 101 Å². The van der Waals surface area contributed by atoms with E-state index in [-0.39, 0.29) is 24.8 Å². The zero-order chi connectivity index (χ0) is 23.2. The van der Waals surface area contributed by atoms with Gasteiger partial charge in [0.2, 0.25) is 5.91 Å². The molecule has 2 aromatic carbocycles. The van der Waals surface area contributed by atoms with Crippen molar-refractivity contribution in [3.63, 3.8) is 0 Å². The molecule has 4 rings (SSSR count). The first-order valence-corrected chi connectivity index (χ1v) is 10.2. The Balaban J connectivity index is 1.53. The smallest absolute Gasteiger partial charge is 0.255 e. The van der Waals surface area contributed by atoms with Crippen LogP contribution in [0.4, 0.5) is 21.6 Å². The van der Waals surface area contributed by atoms with E-state index in [4.69, 9.17) is 10.2 Å². The molecule has 0 bridgehead atoms. The van der Waals surface area contributed by atoms with Gasteiger partial charge in [0, 0.05) is 29.2 Å². The van der Waals surface area contributed by atoms with Crippen molar-refractivity contribution in [3.8, 4) is 0 Å². The van der Waals surface area contributed by atoms with Crippen molar-refractivity contribution in [1.29, 1.82) is 0 Å². The minimum absolute atomic E-state index is 0.0425. The van der Waals surface area contributed by atoms with Gasteiger partial charge in [0.05, 0.1) is 13.0 Å². The molecule has 0 saturated carbocycles. The normalized spacial score (nSPS) is 10.6. The number of pyridine rings is 1. The number of carbonyl (C=O) groups excluding carboxylic acids is 2. The van der Waals surface area contributed by atoms with Gasteiger partial charge in [-0.2, -0.15) is 0 Å². The molecule has 166 valence electrons. The van der Waals surface area contributed by atoms with E-state index in [9.17, 15) is 14.0 Å². The fourth-order valence-corrected chi connectivity index (χ4v) is 3.24. The van der Waals surface area contributed by atoms with Crippen LogP contribution >= 0.6 is 0 Å². The Hall–Kier alpha value is -4.46. The standard InChI is InChI=1S/C25H21FN4O3/c26-19-13-22(33-16-19)15-30(24(31)12-17-6-11-23(27)28-14-17)21-9-7-20(8-10-21)29-25(32)18-4-2-1-3-5-18/h1-11,13-14,16H,12,15H2,(H2,27,28)(H,29,32). The Kier molecular flexibility index (Phi) is 6.45. The maximum absolute atomic E-state index is 13.4. The number of rotatable bonds is 7. The van der Waals surface area contributed by atoms with Crippen molar-refractivity contribution in [2.45, 2.75) is 13.0 Å². The Labute approximate surface area is 189 Å². The number of anilines is 3. The van der Waals surface area contributed by atoms with Crippen molar-refractivity contribution in [2.75, 3.05) is 16.0 Å². The summed E-state index contributed by atoms with van der Waals surface area (Å²) in [7, 11) is 0. The van der Waals surface area contributed by atoms with Crippen LogP contribution in [0.3, 0.4) is 0 Å². The molecule has 0 fully saturated rings. The second-order valence-corrected chi connectivity index (χ2v) is 7.35. The fraction of sp³-hybridized carbons (Fsp3) is 0.0800.